The smallest absolute Gasteiger partial charge is 0.310 e. The summed E-state index contributed by atoms with van der Waals surface area (Å²) in [6.07, 6.45) is 0.588. The van der Waals surface area contributed by atoms with Crippen LogP contribution in [0, 0.1) is 10.1 Å². The van der Waals surface area contributed by atoms with E-state index < -0.39 is 4.92 Å². The molecule has 0 heterocycles. The largest absolute Gasteiger partial charge is 0.481 e. The second-order valence-corrected chi connectivity index (χ2v) is 5.01. The number of rotatable bonds is 4. The van der Waals surface area contributed by atoms with Crippen molar-refractivity contribution < 1.29 is 14.4 Å². The minimum Gasteiger partial charge on any atom is -0.481 e. The van der Waals surface area contributed by atoms with Crippen LogP contribution in [0.1, 0.15) is 6.42 Å². The maximum Gasteiger partial charge on any atom is 0.310 e. The van der Waals surface area contributed by atoms with E-state index in [1.54, 1.807) is 25.3 Å². The molecule has 0 radical (unpaired) electrons. The molecule has 2 rings (SSSR count). The van der Waals surface area contributed by atoms with Crippen LogP contribution in [0.2, 0.25) is 0 Å². The normalized spacial score (nSPS) is 27.3. The van der Waals surface area contributed by atoms with Crippen molar-refractivity contribution in [3.63, 3.8) is 0 Å². The van der Waals surface area contributed by atoms with Crippen molar-refractivity contribution in [1.82, 2.24) is 0 Å². The van der Waals surface area contributed by atoms with E-state index in [0.717, 1.165) is 6.42 Å². The topological polar surface area (TPSA) is 61.6 Å². The van der Waals surface area contributed by atoms with Crippen LogP contribution in [0.3, 0.4) is 0 Å². The Bertz CT molecular complexity index is 426. The lowest BCUT2D eigenvalue weighted by molar-refractivity contribution is -0.386. The molecule has 6 heteroatoms. The van der Waals surface area contributed by atoms with E-state index in [1.807, 2.05) is 0 Å². The Labute approximate surface area is 107 Å². The van der Waals surface area contributed by atoms with Crippen molar-refractivity contribution in [3.05, 3.63) is 34.4 Å². The van der Waals surface area contributed by atoms with Crippen LogP contribution in [0.25, 0.3) is 0 Å². The van der Waals surface area contributed by atoms with Crippen LogP contribution in [-0.2, 0) is 4.74 Å². The van der Waals surface area contributed by atoms with Crippen LogP contribution in [0.4, 0.5) is 5.69 Å². The molecule has 5 nitrogen and oxygen atoms in total. The number of alkyl halides is 1. The molecule has 1 aliphatic rings. The molecule has 1 fully saturated rings. The lowest BCUT2D eigenvalue weighted by Crippen LogP contribution is -2.51. The van der Waals surface area contributed by atoms with Gasteiger partial charge >= 0.3 is 5.69 Å². The Morgan fingerprint density at radius 3 is 2.76 bits per heavy atom. The third-order valence-electron chi connectivity index (χ3n) is 2.79. The van der Waals surface area contributed by atoms with Gasteiger partial charge in [-0.25, -0.2) is 0 Å². The average Bonchev–Trinajstić information content (AvgIpc) is 2.29. The Kier molecular flexibility index (Phi) is 3.63. The van der Waals surface area contributed by atoms with Crippen molar-refractivity contribution in [2.24, 2.45) is 0 Å². The Morgan fingerprint density at radius 1 is 1.47 bits per heavy atom. The predicted octanol–water partition coefficient (Wildman–Crippen LogP) is 2.52. The summed E-state index contributed by atoms with van der Waals surface area (Å²) in [5, 5.41) is 10.8. The van der Waals surface area contributed by atoms with Crippen LogP contribution < -0.4 is 4.74 Å². The fraction of sp³-hybridized carbons (Fsp3) is 0.455. The van der Waals surface area contributed by atoms with E-state index in [-0.39, 0.29) is 22.7 Å². The first-order valence-electron chi connectivity index (χ1n) is 5.20. The molecule has 0 saturated heterocycles. The number of hydrogen-bond acceptors (Lipinski definition) is 4. The minimum absolute atomic E-state index is 0.0135. The summed E-state index contributed by atoms with van der Waals surface area (Å²) in [6, 6.07) is 6.37. The van der Waals surface area contributed by atoms with E-state index in [0.29, 0.717) is 5.75 Å². The van der Waals surface area contributed by atoms with E-state index >= 15 is 0 Å². The number of methoxy groups -OCH3 is 1. The predicted molar refractivity (Wildman–Crippen MR) is 65.6 cm³/mol. The number of nitro groups is 1. The highest BCUT2D eigenvalue weighted by Gasteiger charge is 2.42. The number of nitrogens with zero attached hydrogens (tertiary/aromatic N) is 1. The van der Waals surface area contributed by atoms with Crippen molar-refractivity contribution in [2.45, 2.75) is 23.5 Å². The lowest BCUT2D eigenvalue weighted by Gasteiger charge is -2.39. The summed E-state index contributed by atoms with van der Waals surface area (Å²) in [6.45, 7) is 0. The zero-order valence-corrected chi connectivity index (χ0v) is 10.8. The first-order valence-corrected chi connectivity index (χ1v) is 6.12. The van der Waals surface area contributed by atoms with E-state index in [1.165, 1.54) is 6.07 Å². The number of halogens is 1. The van der Waals surface area contributed by atoms with Gasteiger partial charge in [0, 0.05) is 24.4 Å². The third-order valence-corrected chi connectivity index (χ3v) is 3.69. The Balaban J connectivity index is 2.12. The van der Waals surface area contributed by atoms with E-state index in [2.05, 4.69) is 15.9 Å². The van der Waals surface area contributed by atoms with Crippen LogP contribution in [-0.4, -0.2) is 29.1 Å². The van der Waals surface area contributed by atoms with Gasteiger partial charge in [-0.15, -0.1) is 0 Å². The molecule has 0 aliphatic heterocycles. The van der Waals surface area contributed by atoms with Gasteiger partial charge in [0.2, 0.25) is 0 Å². The zero-order chi connectivity index (χ0) is 12.4. The summed E-state index contributed by atoms with van der Waals surface area (Å²) in [7, 11) is 1.61. The van der Waals surface area contributed by atoms with Gasteiger partial charge in [0.1, 0.15) is 12.2 Å². The first-order chi connectivity index (χ1) is 8.13. The van der Waals surface area contributed by atoms with Gasteiger partial charge in [-0.3, -0.25) is 10.1 Å². The number of hydrogen-bond donors (Lipinski definition) is 0. The molecule has 0 bridgehead atoms. The molecule has 3 atom stereocenters. The molecule has 1 saturated carbocycles. The fourth-order valence-corrected chi connectivity index (χ4v) is 2.74. The van der Waals surface area contributed by atoms with Crippen LogP contribution >= 0.6 is 15.9 Å². The summed E-state index contributed by atoms with van der Waals surface area (Å²) < 4.78 is 10.9. The molecular weight excluding hydrogens is 290 g/mol. The van der Waals surface area contributed by atoms with Crippen LogP contribution in [0.15, 0.2) is 24.3 Å². The molecule has 0 amide bonds. The second-order valence-electron chi connectivity index (χ2n) is 3.83. The highest BCUT2D eigenvalue weighted by Crippen LogP contribution is 2.36. The summed E-state index contributed by atoms with van der Waals surface area (Å²) in [5.74, 6) is 0.295. The molecule has 3 unspecified atom stereocenters. The SMILES string of the molecule is COC1C(Br)CC1Oc1ccccc1[N+](=O)[O-]. The molecule has 0 spiro atoms. The number of nitro benzene ring substituents is 1. The van der Waals surface area contributed by atoms with Gasteiger partial charge < -0.3 is 9.47 Å². The molecule has 1 aromatic rings. The molecule has 1 aliphatic carbocycles. The fourth-order valence-electron chi connectivity index (χ4n) is 1.81. The highest BCUT2D eigenvalue weighted by atomic mass is 79.9. The molecule has 92 valence electrons. The standard InChI is InChI=1S/C11H12BrNO4/c1-16-11-7(12)6-10(11)17-9-5-3-2-4-8(9)13(14)15/h2-5,7,10-11H,6H2,1H3. The average molecular weight is 302 g/mol. The van der Waals surface area contributed by atoms with Crippen molar-refractivity contribution in [2.75, 3.05) is 7.11 Å². The van der Waals surface area contributed by atoms with E-state index in [9.17, 15) is 10.1 Å². The van der Waals surface area contributed by atoms with Crippen molar-refractivity contribution in [1.29, 1.82) is 0 Å². The monoisotopic (exact) mass is 301 g/mol. The summed E-state index contributed by atoms with van der Waals surface area (Å²) >= 11 is 3.45. The van der Waals surface area contributed by atoms with Crippen molar-refractivity contribution >= 4 is 21.6 Å². The summed E-state index contributed by atoms with van der Waals surface area (Å²) in [5.41, 5.74) is -0.0135. The number of benzene rings is 1. The maximum absolute atomic E-state index is 10.8. The minimum atomic E-state index is -0.443. The van der Waals surface area contributed by atoms with Gasteiger partial charge in [-0.1, -0.05) is 28.1 Å². The third kappa shape index (κ3) is 2.42. The van der Waals surface area contributed by atoms with Gasteiger partial charge in [-0.05, 0) is 6.07 Å². The molecule has 1 aromatic carbocycles. The first kappa shape index (κ1) is 12.3. The Hall–Kier alpha value is -1.14. The number of ether oxygens (including phenoxy) is 2. The van der Waals surface area contributed by atoms with Gasteiger partial charge in [0.05, 0.1) is 4.92 Å². The molecule has 17 heavy (non-hydrogen) atoms. The highest BCUT2D eigenvalue weighted by molar-refractivity contribution is 9.09. The molecular formula is C11H12BrNO4. The number of para-hydroxylation sites is 2. The quantitative estimate of drug-likeness (QED) is 0.487. The lowest BCUT2D eigenvalue weighted by atomic mass is 9.91. The zero-order valence-electron chi connectivity index (χ0n) is 9.21. The van der Waals surface area contributed by atoms with Gasteiger partial charge in [0.25, 0.3) is 0 Å². The molecule has 0 aromatic heterocycles. The Morgan fingerprint density at radius 2 is 2.18 bits per heavy atom. The van der Waals surface area contributed by atoms with Gasteiger partial charge in [-0.2, -0.15) is 0 Å². The van der Waals surface area contributed by atoms with Gasteiger partial charge in [0.15, 0.2) is 5.75 Å². The summed E-state index contributed by atoms with van der Waals surface area (Å²) in [4.78, 5) is 10.6. The van der Waals surface area contributed by atoms with Crippen molar-refractivity contribution in [3.8, 4) is 5.75 Å². The van der Waals surface area contributed by atoms with E-state index in [4.69, 9.17) is 9.47 Å². The second kappa shape index (κ2) is 5.01. The molecule has 0 N–H and O–H groups in total. The van der Waals surface area contributed by atoms with Crippen LogP contribution in [0.5, 0.6) is 5.75 Å². The maximum atomic E-state index is 10.8.